The Labute approximate surface area is 114 Å². The molecule has 2 atom stereocenters. The van der Waals surface area contributed by atoms with Crippen LogP contribution in [0.1, 0.15) is 17.2 Å². The molecule has 0 aliphatic heterocycles. The zero-order valence-electron chi connectivity index (χ0n) is 10.6. The first-order valence-corrected chi connectivity index (χ1v) is 6.46. The fraction of sp³-hybridized carbons (Fsp3) is 0.231. The summed E-state index contributed by atoms with van der Waals surface area (Å²) in [6.45, 7) is 0. The van der Waals surface area contributed by atoms with Crippen molar-refractivity contribution in [1.29, 1.82) is 0 Å². The minimum Gasteiger partial charge on any atom is -0.360 e. The Morgan fingerprint density at radius 1 is 1.20 bits per heavy atom. The number of nitrogens with one attached hydrogen (secondary N) is 1. The number of nitrogens with zero attached hydrogens (tertiary/aromatic N) is 5. The second-order valence-corrected chi connectivity index (χ2v) is 4.93. The molecule has 0 amide bonds. The Kier molecular flexibility index (Phi) is 2.40. The third-order valence-corrected chi connectivity index (χ3v) is 3.65. The van der Waals surface area contributed by atoms with Crippen molar-refractivity contribution in [2.45, 2.75) is 18.5 Å². The van der Waals surface area contributed by atoms with E-state index in [9.17, 15) is 0 Å². The maximum absolute atomic E-state index is 6.23. The van der Waals surface area contributed by atoms with Crippen LogP contribution in [0.5, 0.6) is 0 Å². The first kappa shape index (κ1) is 11.3. The summed E-state index contributed by atoms with van der Waals surface area (Å²) < 4.78 is 1.40. The quantitative estimate of drug-likeness (QED) is 0.704. The van der Waals surface area contributed by atoms with Crippen LogP contribution in [0.4, 0.5) is 5.82 Å². The molecule has 0 spiro atoms. The van der Waals surface area contributed by atoms with Crippen LogP contribution >= 0.6 is 0 Å². The molecule has 1 aliphatic rings. The molecule has 3 N–H and O–H groups in total. The Balaban J connectivity index is 1.68. The second kappa shape index (κ2) is 4.24. The van der Waals surface area contributed by atoms with E-state index in [1.165, 1.54) is 15.8 Å². The Bertz CT molecular complexity index is 766. The molecule has 0 fully saturated rings. The SMILES string of the molecule is NC1Cc2ccccc2C1Nc1ccc2nnnn2n1. The average molecular weight is 267 g/mol. The highest BCUT2D eigenvalue weighted by Gasteiger charge is 2.29. The molecule has 3 aromatic rings. The lowest BCUT2D eigenvalue weighted by Crippen LogP contribution is -2.30. The van der Waals surface area contributed by atoms with E-state index in [0.717, 1.165) is 6.42 Å². The Hall–Kier alpha value is -2.54. The number of hydrogen-bond acceptors (Lipinski definition) is 6. The van der Waals surface area contributed by atoms with E-state index < -0.39 is 0 Å². The van der Waals surface area contributed by atoms with E-state index >= 15 is 0 Å². The highest BCUT2D eigenvalue weighted by Crippen LogP contribution is 2.32. The van der Waals surface area contributed by atoms with Crippen molar-refractivity contribution >= 4 is 11.5 Å². The second-order valence-electron chi connectivity index (χ2n) is 4.93. The van der Waals surface area contributed by atoms with Gasteiger partial charge < -0.3 is 11.1 Å². The van der Waals surface area contributed by atoms with Gasteiger partial charge >= 0.3 is 0 Å². The molecule has 0 saturated heterocycles. The molecule has 2 unspecified atom stereocenters. The number of nitrogens with two attached hydrogens (primary N) is 1. The Morgan fingerprint density at radius 2 is 2.10 bits per heavy atom. The van der Waals surface area contributed by atoms with Gasteiger partial charge in [-0.15, -0.1) is 14.8 Å². The summed E-state index contributed by atoms with van der Waals surface area (Å²) in [5, 5.41) is 18.9. The molecule has 0 saturated carbocycles. The van der Waals surface area contributed by atoms with Crippen LogP contribution in [0, 0.1) is 0 Å². The summed E-state index contributed by atoms with van der Waals surface area (Å²) in [7, 11) is 0. The summed E-state index contributed by atoms with van der Waals surface area (Å²) in [4.78, 5) is 0. The summed E-state index contributed by atoms with van der Waals surface area (Å²) in [6.07, 6.45) is 0.876. The van der Waals surface area contributed by atoms with Gasteiger partial charge in [0.2, 0.25) is 0 Å². The lowest BCUT2D eigenvalue weighted by Gasteiger charge is -2.18. The number of anilines is 1. The molecule has 0 bridgehead atoms. The zero-order valence-corrected chi connectivity index (χ0v) is 10.6. The Morgan fingerprint density at radius 3 is 3.05 bits per heavy atom. The highest BCUT2D eigenvalue weighted by atomic mass is 15.6. The molecule has 7 nitrogen and oxygen atoms in total. The molecule has 100 valence electrons. The van der Waals surface area contributed by atoms with E-state index in [2.05, 4.69) is 38.1 Å². The highest BCUT2D eigenvalue weighted by molar-refractivity contribution is 5.47. The monoisotopic (exact) mass is 267 g/mol. The molecular formula is C13H13N7. The van der Waals surface area contributed by atoms with Crippen LogP contribution < -0.4 is 11.1 Å². The maximum Gasteiger partial charge on any atom is 0.200 e. The third-order valence-electron chi connectivity index (χ3n) is 3.65. The zero-order chi connectivity index (χ0) is 13.5. The van der Waals surface area contributed by atoms with Gasteiger partial charge in [0.25, 0.3) is 0 Å². The van der Waals surface area contributed by atoms with Gasteiger partial charge in [-0.2, -0.15) is 0 Å². The van der Waals surface area contributed by atoms with E-state index in [1.54, 1.807) is 0 Å². The summed E-state index contributed by atoms with van der Waals surface area (Å²) in [5.41, 5.74) is 9.38. The number of fused-ring (bicyclic) bond motifs is 2. The number of hydrogen-bond donors (Lipinski definition) is 2. The van der Waals surface area contributed by atoms with Crippen molar-refractivity contribution in [3.63, 3.8) is 0 Å². The third kappa shape index (κ3) is 1.71. The van der Waals surface area contributed by atoms with E-state index in [1.807, 2.05) is 24.3 Å². The van der Waals surface area contributed by atoms with Gasteiger partial charge in [-0.3, -0.25) is 0 Å². The van der Waals surface area contributed by atoms with Crippen molar-refractivity contribution in [1.82, 2.24) is 25.3 Å². The van der Waals surface area contributed by atoms with Gasteiger partial charge in [0, 0.05) is 6.04 Å². The average Bonchev–Trinajstić information content (AvgIpc) is 3.04. The molecule has 1 aromatic carbocycles. The number of tetrazole rings is 1. The molecule has 4 rings (SSSR count). The summed E-state index contributed by atoms with van der Waals surface area (Å²) in [5.74, 6) is 0.710. The smallest absolute Gasteiger partial charge is 0.200 e. The van der Waals surface area contributed by atoms with Crippen molar-refractivity contribution < 1.29 is 0 Å². The van der Waals surface area contributed by atoms with Crippen molar-refractivity contribution in [3.05, 3.63) is 47.5 Å². The van der Waals surface area contributed by atoms with Crippen LogP contribution in [0.3, 0.4) is 0 Å². The molecular weight excluding hydrogens is 254 g/mol. The van der Waals surface area contributed by atoms with E-state index in [-0.39, 0.29) is 12.1 Å². The summed E-state index contributed by atoms with van der Waals surface area (Å²) >= 11 is 0. The van der Waals surface area contributed by atoms with E-state index in [0.29, 0.717) is 11.5 Å². The first-order chi connectivity index (χ1) is 9.81. The van der Waals surface area contributed by atoms with E-state index in [4.69, 9.17) is 5.73 Å². The van der Waals surface area contributed by atoms with Gasteiger partial charge in [0.15, 0.2) is 5.65 Å². The molecule has 7 heteroatoms. The minimum atomic E-state index is 0.0405. The number of rotatable bonds is 2. The lowest BCUT2D eigenvalue weighted by molar-refractivity contribution is 0.619. The number of benzene rings is 1. The minimum absolute atomic E-state index is 0.0405. The summed E-state index contributed by atoms with van der Waals surface area (Å²) in [6, 6.07) is 12.1. The van der Waals surface area contributed by atoms with Crippen molar-refractivity contribution in [2.75, 3.05) is 5.32 Å². The molecule has 2 heterocycles. The van der Waals surface area contributed by atoms with Gasteiger partial charge in [-0.25, -0.2) is 0 Å². The normalized spacial score (nSPS) is 21.1. The molecule has 2 aromatic heterocycles. The lowest BCUT2D eigenvalue weighted by atomic mass is 10.1. The van der Waals surface area contributed by atoms with Crippen LogP contribution in [0.2, 0.25) is 0 Å². The molecule has 1 aliphatic carbocycles. The van der Waals surface area contributed by atoms with Gasteiger partial charge in [-0.1, -0.05) is 24.3 Å². The topological polar surface area (TPSA) is 94.0 Å². The predicted molar refractivity (Wildman–Crippen MR) is 73.1 cm³/mol. The predicted octanol–water partition coefficient (Wildman–Crippen LogP) is 0.556. The van der Waals surface area contributed by atoms with Crippen LogP contribution in [0.15, 0.2) is 36.4 Å². The molecule has 20 heavy (non-hydrogen) atoms. The van der Waals surface area contributed by atoms with Crippen LogP contribution in [0.25, 0.3) is 5.65 Å². The van der Waals surface area contributed by atoms with Gasteiger partial charge in [0.05, 0.1) is 6.04 Å². The first-order valence-electron chi connectivity index (χ1n) is 6.46. The largest absolute Gasteiger partial charge is 0.360 e. The van der Waals surface area contributed by atoms with Crippen LogP contribution in [-0.2, 0) is 6.42 Å². The van der Waals surface area contributed by atoms with Crippen molar-refractivity contribution in [2.24, 2.45) is 5.73 Å². The fourth-order valence-electron chi connectivity index (χ4n) is 2.70. The fourth-order valence-corrected chi connectivity index (χ4v) is 2.70. The number of aromatic nitrogens is 5. The van der Waals surface area contributed by atoms with Crippen LogP contribution in [-0.4, -0.2) is 31.3 Å². The van der Waals surface area contributed by atoms with Gasteiger partial charge in [0.1, 0.15) is 5.82 Å². The maximum atomic E-state index is 6.23. The molecule has 0 radical (unpaired) electrons. The van der Waals surface area contributed by atoms with Gasteiger partial charge in [-0.05, 0) is 40.1 Å². The van der Waals surface area contributed by atoms with Crippen molar-refractivity contribution in [3.8, 4) is 0 Å². The standard InChI is InChI=1S/C13H13N7/c14-10-7-8-3-1-2-4-9(8)13(10)15-11-5-6-12-16-18-19-20(12)17-11/h1-6,10,13H,7,14H2,(H,15,17).